The second-order valence-corrected chi connectivity index (χ2v) is 8.41. The number of carbonyl (C=O) groups excluding carboxylic acids is 2. The molecule has 0 saturated heterocycles. The highest BCUT2D eigenvalue weighted by Gasteiger charge is 2.17. The predicted octanol–water partition coefficient (Wildman–Crippen LogP) is 2.79. The zero-order valence-corrected chi connectivity index (χ0v) is 17.1. The van der Waals surface area contributed by atoms with Crippen LogP contribution in [0.25, 0.3) is 0 Å². The SMILES string of the molecule is Cc1cccc(C)c1NC(=O)COC(=O)c1ccc(S(=O)(=O)NC(C)C)cc1. The summed E-state index contributed by atoms with van der Waals surface area (Å²) in [6, 6.07) is 10.7. The highest BCUT2D eigenvalue weighted by molar-refractivity contribution is 7.89. The topological polar surface area (TPSA) is 102 Å². The van der Waals surface area contributed by atoms with Crippen LogP contribution < -0.4 is 10.0 Å². The van der Waals surface area contributed by atoms with E-state index in [-0.39, 0.29) is 16.5 Å². The van der Waals surface area contributed by atoms with Crippen molar-refractivity contribution in [3.05, 3.63) is 59.2 Å². The van der Waals surface area contributed by atoms with E-state index in [1.165, 1.54) is 24.3 Å². The lowest BCUT2D eigenvalue weighted by Crippen LogP contribution is -2.30. The van der Waals surface area contributed by atoms with E-state index < -0.39 is 28.5 Å². The van der Waals surface area contributed by atoms with Crippen LogP contribution in [0.2, 0.25) is 0 Å². The van der Waals surface area contributed by atoms with Crippen molar-refractivity contribution >= 4 is 27.6 Å². The van der Waals surface area contributed by atoms with Gasteiger partial charge in [-0.2, -0.15) is 0 Å². The Morgan fingerprint density at radius 1 is 1.00 bits per heavy atom. The molecule has 28 heavy (non-hydrogen) atoms. The Kier molecular flexibility index (Phi) is 6.93. The largest absolute Gasteiger partial charge is 0.452 e. The fourth-order valence-electron chi connectivity index (χ4n) is 2.55. The number of carbonyl (C=O) groups is 2. The van der Waals surface area contributed by atoms with Crippen molar-refractivity contribution in [2.24, 2.45) is 0 Å². The maximum Gasteiger partial charge on any atom is 0.338 e. The highest BCUT2D eigenvalue weighted by atomic mass is 32.2. The van der Waals surface area contributed by atoms with Gasteiger partial charge in [0.1, 0.15) is 0 Å². The lowest BCUT2D eigenvalue weighted by molar-refractivity contribution is -0.119. The lowest BCUT2D eigenvalue weighted by Gasteiger charge is -2.12. The first-order chi connectivity index (χ1) is 13.1. The van der Waals surface area contributed by atoms with Gasteiger partial charge in [0.25, 0.3) is 5.91 Å². The van der Waals surface area contributed by atoms with Gasteiger partial charge in [0.2, 0.25) is 10.0 Å². The third-order valence-electron chi connectivity index (χ3n) is 3.87. The molecule has 2 rings (SSSR count). The Balaban J connectivity index is 1.97. The number of sulfonamides is 1. The van der Waals surface area contributed by atoms with Crippen molar-refractivity contribution < 1.29 is 22.7 Å². The van der Waals surface area contributed by atoms with E-state index in [1.807, 2.05) is 32.0 Å². The first kappa shape index (κ1) is 21.6. The molecule has 0 aliphatic carbocycles. The number of aryl methyl sites for hydroxylation is 2. The summed E-state index contributed by atoms with van der Waals surface area (Å²) in [5, 5.41) is 2.73. The van der Waals surface area contributed by atoms with Crippen molar-refractivity contribution in [1.82, 2.24) is 4.72 Å². The summed E-state index contributed by atoms with van der Waals surface area (Å²) >= 11 is 0. The number of nitrogens with one attached hydrogen (secondary N) is 2. The van der Waals surface area contributed by atoms with Crippen molar-refractivity contribution in [2.45, 2.75) is 38.6 Å². The molecule has 2 aromatic rings. The number of esters is 1. The molecule has 0 aliphatic rings. The molecule has 8 heteroatoms. The molecule has 0 spiro atoms. The van der Waals surface area contributed by atoms with E-state index >= 15 is 0 Å². The summed E-state index contributed by atoms with van der Waals surface area (Å²) in [4.78, 5) is 24.2. The Labute approximate surface area is 165 Å². The molecule has 2 aromatic carbocycles. The van der Waals surface area contributed by atoms with Crippen LogP contribution in [0.3, 0.4) is 0 Å². The number of para-hydroxylation sites is 1. The van der Waals surface area contributed by atoms with Gasteiger partial charge in [-0.1, -0.05) is 18.2 Å². The molecule has 0 unspecified atom stereocenters. The van der Waals surface area contributed by atoms with Gasteiger partial charge in [-0.25, -0.2) is 17.9 Å². The molecule has 0 aromatic heterocycles. The van der Waals surface area contributed by atoms with E-state index in [4.69, 9.17) is 4.74 Å². The molecule has 150 valence electrons. The number of ether oxygens (including phenoxy) is 1. The standard InChI is InChI=1S/C20H24N2O5S/c1-13(2)22-28(25,26)17-10-8-16(9-11-17)20(24)27-12-18(23)21-19-14(3)6-5-7-15(19)4/h5-11,13,22H,12H2,1-4H3,(H,21,23). The van der Waals surface area contributed by atoms with Crippen LogP contribution in [0.4, 0.5) is 5.69 Å². The number of benzene rings is 2. The molecule has 0 atom stereocenters. The Morgan fingerprint density at radius 3 is 2.11 bits per heavy atom. The average molecular weight is 404 g/mol. The molecule has 0 aliphatic heterocycles. The highest BCUT2D eigenvalue weighted by Crippen LogP contribution is 2.19. The molecule has 0 bridgehead atoms. The van der Waals surface area contributed by atoms with Gasteiger partial charge in [-0.05, 0) is 63.1 Å². The predicted molar refractivity (Wildman–Crippen MR) is 107 cm³/mol. The molecular formula is C20H24N2O5S. The monoisotopic (exact) mass is 404 g/mol. The molecule has 0 heterocycles. The minimum Gasteiger partial charge on any atom is -0.452 e. The number of amides is 1. The van der Waals surface area contributed by atoms with Crippen molar-refractivity contribution in [1.29, 1.82) is 0 Å². The van der Waals surface area contributed by atoms with Crippen LogP contribution in [0.15, 0.2) is 47.4 Å². The van der Waals surface area contributed by atoms with Crippen molar-refractivity contribution in [3.63, 3.8) is 0 Å². The van der Waals surface area contributed by atoms with Crippen LogP contribution in [0, 0.1) is 13.8 Å². The van der Waals surface area contributed by atoms with Crippen LogP contribution in [0.1, 0.15) is 35.3 Å². The molecule has 0 saturated carbocycles. The normalized spacial score (nSPS) is 11.3. The van der Waals surface area contributed by atoms with Gasteiger partial charge >= 0.3 is 5.97 Å². The zero-order valence-electron chi connectivity index (χ0n) is 16.3. The van der Waals surface area contributed by atoms with Crippen LogP contribution in [-0.2, 0) is 19.6 Å². The van der Waals surface area contributed by atoms with Crippen molar-refractivity contribution in [2.75, 3.05) is 11.9 Å². The molecule has 7 nitrogen and oxygen atoms in total. The molecule has 1 amide bonds. The fraction of sp³-hybridized carbons (Fsp3) is 0.300. The zero-order chi connectivity index (χ0) is 20.9. The summed E-state index contributed by atoms with van der Waals surface area (Å²) in [5.41, 5.74) is 2.66. The molecule has 2 N–H and O–H groups in total. The fourth-order valence-corrected chi connectivity index (χ4v) is 3.80. The number of rotatable bonds is 7. The smallest absolute Gasteiger partial charge is 0.338 e. The summed E-state index contributed by atoms with van der Waals surface area (Å²) in [6.07, 6.45) is 0. The first-order valence-corrected chi connectivity index (χ1v) is 10.2. The van der Waals surface area contributed by atoms with Gasteiger partial charge in [-0.3, -0.25) is 4.79 Å². The van der Waals surface area contributed by atoms with Crippen molar-refractivity contribution in [3.8, 4) is 0 Å². The van der Waals surface area contributed by atoms with Gasteiger partial charge in [0, 0.05) is 11.7 Å². The van der Waals surface area contributed by atoms with Gasteiger partial charge in [0.15, 0.2) is 6.61 Å². The summed E-state index contributed by atoms with van der Waals surface area (Å²) in [7, 11) is -3.64. The van der Waals surface area contributed by atoms with Gasteiger partial charge < -0.3 is 10.1 Å². The quantitative estimate of drug-likeness (QED) is 0.691. The summed E-state index contributed by atoms with van der Waals surface area (Å²) in [5.74, 6) is -1.16. The maximum atomic E-state index is 12.1. The Bertz CT molecular complexity index is 946. The van der Waals surface area contributed by atoms with E-state index in [9.17, 15) is 18.0 Å². The van der Waals surface area contributed by atoms with E-state index in [1.54, 1.807) is 13.8 Å². The number of hydrogen-bond acceptors (Lipinski definition) is 5. The van der Waals surface area contributed by atoms with Gasteiger partial charge in [-0.15, -0.1) is 0 Å². The minimum atomic E-state index is -3.64. The van der Waals surface area contributed by atoms with E-state index in [2.05, 4.69) is 10.0 Å². The van der Waals surface area contributed by atoms with E-state index in [0.29, 0.717) is 5.69 Å². The average Bonchev–Trinajstić information content (AvgIpc) is 2.62. The van der Waals surface area contributed by atoms with Crippen LogP contribution in [-0.4, -0.2) is 32.9 Å². The van der Waals surface area contributed by atoms with Crippen LogP contribution >= 0.6 is 0 Å². The molecule has 0 fully saturated rings. The third-order valence-corrected chi connectivity index (χ3v) is 5.55. The molecule has 0 radical (unpaired) electrons. The number of hydrogen-bond donors (Lipinski definition) is 2. The van der Waals surface area contributed by atoms with Gasteiger partial charge in [0.05, 0.1) is 10.5 Å². The number of anilines is 1. The molecular weight excluding hydrogens is 380 g/mol. The maximum absolute atomic E-state index is 12.1. The first-order valence-electron chi connectivity index (χ1n) is 8.75. The van der Waals surface area contributed by atoms with Crippen LogP contribution in [0.5, 0.6) is 0 Å². The Hall–Kier alpha value is -2.71. The summed E-state index contributed by atoms with van der Waals surface area (Å²) in [6.45, 7) is 6.73. The van der Waals surface area contributed by atoms with E-state index in [0.717, 1.165) is 11.1 Å². The minimum absolute atomic E-state index is 0.0468. The summed E-state index contributed by atoms with van der Waals surface area (Å²) < 4.78 is 31.6. The Morgan fingerprint density at radius 2 is 1.57 bits per heavy atom. The second-order valence-electron chi connectivity index (χ2n) is 6.69. The lowest BCUT2D eigenvalue weighted by atomic mass is 10.1. The second kappa shape index (κ2) is 8.99. The third kappa shape index (κ3) is 5.64.